The lowest BCUT2D eigenvalue weighted by Crippen LogP contribution is -2.42. The Morgan fingerprint density at radius 3 is 2.81 bits per heavy atom. The molecule has 3 N–H and O–H groups in total. The maximum atomic E-state index is 8.89. The molecular weight excluding hydrogens is 202 g/mol. The van der Waals surface area contributed by atoms with E-state index in [-0.39, 0.29) is 12.1 Å². The first-order valence-electron chi connectivity index (χ1n) is 5.54. The molecule has 0 spiro atoms. The average molecular weight is 217 g/mol. The number of nitrogens with zero attached hydrogens (tertiary/aromatic N) is 3. The van der Waals surface area contributed by atoms with Crippen LogP contribution in [0.15, 0.2) is 12.4 Å². The summed E-state index contributed by atoms with van der Waals surface area (Å²) < 4.78 is 0. The van der Waals surface area contributed by atoms with E-state index in [9.17, 15) is 0 Å². The van der Waals surface area contributed by atoms with Crippen LogP contribution < -0.4 is 11.1 Å². The molecule has 5 nitrogen and oxygen atoms in total. The zero-order chi connectivity index (χ0) is 11.4. The number of hydrogen-bond donors (Lipinski definition) is 2. The molecule has 5 heteroatoms. The first kappa shape index (κ1) is 10.8. The average Bonchev–Trinajstić information content (AvgIpc) is 2.33. The highest BCUT2D eigenvalue weighted by molar-refractivity contribution is 5.47. The van der Waals surface area contributed by atoms with Crippen molar-refractivity contribution in [2.45, 2.75) is 37.8 Å². The van der Waals surface area contributed by atoms with Gasteiger partial charge in [-0.2, -0.15) is 5.26 Å². The Morgan fingerprint density at radius 2 is 2.06 bits per heavy atom. The van der Waals surface area contributed by atoms with Gasteiger partial charge in [-0.3, -0.25) is 0 Å². The summed E-state index contributed by atoms with van der Waals surface area (Å²) in [4.78, 5) is 8.09. The molecule has 0 aromatic carbocycles. The highest BCUT2D eigenvalue weighted by atomic mass is 15.1. The summed E-state index contributed by atoms with van der Waals surface area (Å²) in [6.07, 6.45) is 7.52. The monoisotopic (exact) mass is 217 g/mol. The van der Waals surface area contributed by atoms with Gasteiger partial charge in [0.25, 0.3) is 0 Å². The Hall–Kier alpha value is -1.67. The van der Waals surface area contributed by atoms with Gasteiger partial charge in [-0.1, -0.05) is 12.8 Å². The van der Waals surface area contributed by atoms with Crippen molar-refractivity contribution in [3.8, 4) is 6.07 Å². The molecule has 0 bridgehead atoms. The molecule has 84 valence electrons. The molecule has 1 fully saturated rings. The van der Waals surface area contributed by atoms with Crippen LogP contribution in [0, 0.1) is 11.3 Å². The maximum absolute atomic E-state index is 8.89. The van der Waals surface area contributed by atoms with Gasteiger partial charge < -0.3 is 11.1 Å². The van der Waals surface area contributed by atoms with Crippen molar-refractivity contribution in [3.63, 3.8) is 0 Å². The van der Waals surface area contributed by atoms with Crippen molar-refractivity contribution in [1.82, 2.24) is 9.97 Å². The Morgan fingerprint density at radius 1 is 1.31 bits per heavy atom. The normalized spacial score (nSPS) is 24.8. The molecule has 0 saturated heterocycles. The van der Waals surface area contributed by atoms with Gasteiger partial charge in [-0.15, -0.1) is 0 Å². The lowest BCUT2D eigenvalue weighted by molar-refractivity contribution is 0.403. The number of aromatic nitrogens is 2. The van der Waals surface area contributed by atoms with Gasteiger partial charge in [0.2, 0.25) is 0 Å². The first-order valence-corrected chi connectivity index (χ1v) is 5.54. The van der Waals surface area contributed by atoms with Gasteiger partial charge in [0.05, 0.1) is 0 Å². The van der Waals surface area contributed by atoms with Gasteiger partial charge in [-0.25, -0.2) is 9.97 Å². The summed E-state index contributed by atoms with van der Waals surface area (Å²) in [5.74, 6) is 0.548. The molecule has 0 aliphatic heterocycles. The second-order valence-corrected chi connectivity index (χ2v) is 4.06. The van der Waals surface area contributed by atoms with E-state index in [1.165, 1.54) is 19.0 Å². The molecule has 1 aromatic rings. The molecule has 1 aromatic heterocycles. The predicted octanol–water partition coefficient (Wildman–Crippen LogP) is 1.03. The van der Waals surface area contributed by atoms with Crippen LogP contribution in [0.5, 0.6) is 0 Å². The minimum atomic E-state index is 0.141. The van der Waals surface area contributed by atoms with Gasteiger partial charge in [0.15, 0.2) is 11.5 Å². The number of nitrogens with one attached hydrogen (secondary N) is 1. The Balaban J connectivity index is 2.11. The van der Waals surface area contributed by atoms with Crippen molar-refractivity contribution in [2.75, 3.05) is 5.32 Å². The van der Waals surface area contributed by atoms with Crippen LogP contribution in [-0.4, -0.2) is 22.1 Å². The first-order chi connectivity index (χ1) is 7.81. The van der Waals surface area contributed by atoms with E-state index in [4.69, 9.17) is 11.0 Å². The molecule has 1 saturated carbocycles. The lowest BCUT2D eigenvalue weighted by Gasteiger charge is -2.29. The molecule has 0 amide bonds. The van der Waals surface area contributed by atoms with Crippen LogP contribution in [0.3, 0.4) is 0 Å². The highest BCUT2D eigenvalue weighted by Crippen LogP contribution is 2.20. The van der Waals surface area contributed by atoms with Crippen molar-refractivity contribution < 1.29 is 0 Å². The molecule has 1 aliphatic carbocycles. The van der Waals surface area contributed by atoms with E-state index in [1.54, 1.807) is 6.20 Å². The Bertz CT molecular complexity index is 398. The van der Waals surface area contributed by atoms with Crippen LogP contribution in [0.1, 0.15) is 31.4 Å². The van der Waals surface area contributed by atoms with E-state index in [0.717, 1.165) is 12.8 Å². The standard InChI is InChI=1S/C11H15N5/c12-7-10-11(15-6-5-14-10)16-9-4-2-1-3-8(9)13/h5-6,8-9H,1-4,13H2,(H,15,16). The van der Waals surface area contributed by atoms with Gasteiger partial charge in [-0.05, 0) is 12.8 Å². The zero-order valence-electron chi connectivity index (χ0n) is 9.06. The predicted molar refractivity (Wildman–Crippen MR) is 60.6 cm³/mol. The van der Waals surface area contributed by atoms with E-state index in [0.29, 0.717) is 11.5 Å². The zero-order valence-corrected chi connectivity index (χ0v) is 9.06. The highest BCUT2D eigenvalue weighted by Gasteiger charge is 2.22. The third-order valence-electron chi connectivity index (χ3n) is 2.95. The molecule has 1 heterocycles. The maximum Gasteiger partial charge on any atom is 0.182 e. The van der Waals surface area contributed by atoms with E-state index in [2.05, 4.69) is 15.3 Å². The van der Waals surface area contributed by atoms with E-state index >= 15 is 0 Å². The Labute approximate surface area is 94.7 Å². The van der Waals surface area contributed by atoms with Crippen LogP contribution in [0.4, 0.5) is 5.82 Å². The van der Waals surface area contributed by atoms with Crippen LogP contribution in [0.2, 0.25) is 0 Å². The van der Waals surface area contributed by atoms with Crippen LogP contribution in [0.25, 0.3) is 0 Å². The Kier molecular flexibility index (Phi) is 3.32. The molecule has 2 unspecified atom stereocenters. The molecule has 16 heavy (non-hydrogen) atoms. The summed E-state index contributed by atoms with van der Waals surface area (Å²) in [7, 11) is 0. The minimum absolute atomic E-state index is 0.141. The van der Waals surface area contributed by atoms with Crippen molar-refractivity contribution in [3.05, 3.63) is 18.1 Å². The van der Waals surface area contributed by atoms with E-state index < -0.39 is 0 Å². The van der Waals surface area contributed by atoms with Crippen molar-refractivity contribution in [2.24, 2.45) is 5.73 Å². The largest absolute Gasteiger partial charge is 0.363 e. The van der Waals surface area contributed by atoms with Crippen molar-refractivity contribution >= 4 is 5.82 Å². The number of hydrogen-bond acceptors (Lipinski definition) is 5. The van der Waals surface area contributed by atoms with Crippen LogP contribution >= 0.6 is 0 Å². The van der Waals surface area contributed by atoms with Crippen LogP contribution in [-0.2, 0) is 0 Å². The number of anilines is 1. The summed E-state index contributed by atoms with van der Waals surface area (Å²) in [6, 6.07) is 2.37. The fraction of sp³-hybridized carbons (Fsp3) is 0.545. The second-order valence-electron chi connectivity index (χ2n) is 4.06. The SMILES string of the molecule is N#Cc1nccnc1NC1CCCCC1N. The summed E-state index contributed by atoms with van der Waals surface area (Å²) in [6.45, 7) is 0. The third-order valence-corrected chi connectivity index (χ3v) is 2.95. The second kappa shape index (κ2) is 4.90. The van der Waals surface area contributed by atoms with Gasteiger partial charge in [0.1, 0.15) is 6.07 Å². The lowest BCUT2D eigenvalue weighted by atomic mass is 9.91. The fourth-order valence-electron chi connectivity index (χ4n) is 2.04. The molecular formula is C11H15N5. The van der Waals surface area contributed by atoms with Gasteiger partial charge >= 0.3 is 0 Å². The topological polar surface area (TPSA) is 87.6 Å². The molecule has 1 aliphatic rings. The fourth-order valence-corrected chi connectivity index (χ4v) is 2.04. The smallest absolute Gasteiger partial charge is 0.182 e. The summed E-state index contributed by atoms with van der Waals surface area (Å²) in [5, 5.41) is 12.1. The van der Waals surface area contributed by atoms with Crippen molar-refractivity contribution in [1.29, 1.82) is 5.26 Å². The quantitative estimate of drug-likeness (QED) is 0.772. The van der Waals surface area contributed by atoms with Gasteiger partial charge in [0, 0.05) is 24.5 Å². The number of rotatable bonds is 2. The summed E-state index contributed by atoms with van der Waals surface area (Å²) in [5.41, 5.74) is 6.36. The van der Waals surface area contributed by atoms with E-state index in [1.807, 2.05) is 6.07 Å². The molecule has 0 radical (unpaired) electrons. The number of nitrogens with two attached hydrogens (primary N) is 1. The minimum Gasteiger partial charge on any atom is -0.363 e. The molecule has 2 rings (SSSR count). The molecule has 2 atom stereocenters. The third kappa shape index (κ3) is 2.28. The summed E-state index contributed by atoms with van der Waals surface area (Å²) >= 11 is 0. The number of nitriles is 1.